The third-order valence-electron chi connectivity index (χ3n) is 4.08. The van der Waals surface area contributed by atoms with E-state index in [2.05, 4.69) is 57.8 Å². The zero-order valence-corrected chi connectivity index (χ0v) is 13.8. The van der Waals surface area contributed by atoms with E-state index in [0.717, 1.165) is 36.5 Å². The first-order valence-corrected chi connectivity index (χ1v) is 8.21. The van der Waals surface area contributed by atoms with E-state index < -0.39 is 0 Å². The highest BCUT2D eigenvalue weighted by molar-refractivity contribution is 9.09. The molecule has 0 radical (unpaired) electrons. The highest BCUT2D eigenvalue weighted by Crippen LogP contribution is 2.29. The van der Waals surface area contributed by atoms with Crippen molar-refractivity contribution in [2.75, 3.05) is 18.0 Å². The van der Waals surface area contributed by atoms with Crippen molar-refractivity contribution in [2.45, 2.75) is 37.9 Å². The molecule has 1 aliphatic heterocycles. The highest BCUT2D eigenvalue weighted by Gasteiger charge is 2.26. The Bertz CT molecular complexity index is 607. The SMILES string of the molecule is CC(C)c1cc2c(N3CCC(Br)C(C)C3)nccn2n1. The Morgan fingerprint density at radius 2 is 2.20 bits per heavy atom. The van der Waals surface area contributed by atoms with Crippen LogP contribution in [0.4, 0.5) is 5.82 Å². The van der Waals surface area contributed by atoms with Gasteiger partial charge in [-0.05, 0) is 24.3 Å². The number of anilines is 1. The minimum absolute atomic E-state index is 0.440. The molecule has 0 aromatic carbocycles. The standard InChI is InChI=1S/C15H21BrN4/c1-10(2)13-8-14-15(17-5-7-20(14)18-13)19-6-4-12(16)11(3)9-19/h5,7-8,10-12H,4,6,9H2,1-3H3. The summed E-state index contributed by atoms with van der Waals surface area (Å²) in [5, 5.41) is 4.64. The Hall–Kier alpha value is -1.10. The normalized spacial score (nSPS) is 23.8. The lowest BCUT2D eigenvalue weighted by Crippen LogP contribution is -2.40. The van der Waals surface area contributed by atoms with Gasteiger partial charge in [0.1, 0.15) is 5.52 Å². The maximum absolute atomic E-state index is 4.64. The van der Waals surface area contributed by atoms with Gasteiger partial charge in [0.15, 0.2) is 5.82 Å². The van der Waals surface area contributed by atoms with Crippen molar-refractivity contribution in [1.82, 2.24) is 14.6 Å². The van der Waals surface area contributed by atoms with Crippen LogP contribution in [-0.4, -0.2) is 32.5 Å². The number of rotatable bonds is 2. The molecule has 2 aromatic heterocycles. The topological polar surface area (TPSA) is 33.4 Å². The van der Waals surface area contributed by atoms with Crippen LogP contribution in [0.25, 0.3) is 5.52 Å². The van der Waals surface area contributed by atoms with Crippen molar-refractivity contribution < 1.29 is 0 Å². The van der Waals surface area contributed by atoms with E-state index in [0.29, 0.717) is 16.7 Å². The predicted molar refractivity (Wildman–Crippen MR) is 85.8 cm³/mol. The van der Waals surface area contributed by atoms with Crippen molar-refractivity contribution in [3.63, 3.8) is 0 Å². The smallest absolute Gasteiger partial charge is 0.154 e. The summed E-state index contributed by atoms with van der Waals surface area (Å²) < 4.78 is 1.96. The van der Waals surface area contributed by atoms with Crippen LogP contribution in [0, 0.1) is 5.92 Å². The van der Waals surface area contributed by atoms with Gasteiger partial charge < -0.3 is 4.90 Å². The molecule has 0 amide bonds. The third-order valence-corrected chi connectivity index (χ3v) is 5.44. The van der Waals surface area contributed by atoms with Gasteiger partial charge in [0.2, 0.25) is 0 Å². The second-order valence-electron chi connectivity index (χ2n) is 6.03. The van der Waals surface area contributed by atoms with Gasteiger partial charge in [-0.2, -0.15) is 5.10 Å². The summed E-state index contributed by atoms with van der Waals surface area (Å²) >= 11 is 3.76. The lowest BCUT2D eigenvalue weighted by molar-refractivity contribution is 0.464. The number of hydrogen-bond donors (Lipinski definition) is 0. The number of alkyl halides is 1. The van der Waals surface area contributed by atoms with Crippen LogP contribution in [0.1, 0.15) is 38.8 Å². The van der Waals surface area contributed by atoms with E-state index in [1.54, 1.807) is 0 Å². The van der Waals surface area contributed by atoms with E-state index in [-0.39, 0.29) is 0 Å². The van der Waals surface area contributed by atoms with Crippen LogP contribution in [-0.2, 0) is 0 Å². The van der Waals surface area contributed by atoms with E-state index in [4.69, 9.17) is 0 Å². The Morgan fingerprint density at radius 1 is 1.40 bits per heavy atom. The molecule has 20 heavy (non-hydrogen) atoms. The quantitative estimate of drug-likeness (QED) is 0.787. The lowest BCUT2D eigenvalue weighted by atomic mass is 10.00. The monoisotopic (exact) mass is 336 g/mol. The second-order valence-corrected chi connectivity index (χ2v) is 7.21. The van der Waals surface area contributed by atoms with Crippen molar-refractivity contribution >= 4 is 27.3 Å². The molecule has 0 aliphatic carbocycles. The maximum Gasteiger partial charge on any atom is 0.154 e. The molecule has 0 spiro atoms. The number of piperidine rings is 1. The largest absolute Gasteiger partial charge is 0.354 e. The number of aromatic nitrogens is 3. The summed E-state index contributed by atoms with van der Waals surface area (Å²) in [6.45, 7) is 8.74. The molecule has 2 atom stereocenters. The predicted octanol–water partition coefficient (Wildman–Crippen LogP) is 3.46. The van der Waals surface area contributed by atoms with Gasteiger partial charge >= 0.3 is 0 Å². The maximum atomic E-state index is 4.64. The third kappa shape index (κ3) is 2.43. The van der Waals surface area contributed by atoms with Gasteiger partial charge in [-0.15, -0.1) is 0 Å². The number of nitrogens with zero attached hydrogens (tertiary/aromatic N) is 4. The molecule has 0 bridgehead atoms. The first kappa shape index (κ1) is 13.9. The summed E-state index contributed by atoms with van der Waals surface area (Å²) in [4.78, 5) is 7.62. The Morgan fingerprint density at radius 3 is 2.90 bits per heavy atom. The van der Waals surface area contributed by atoms with Crippen LogP contribution in [0.3, 0.4) is 0 Å². The molecular weight excluding hydrogens is 316 g/mol. The molecule has 0 N–H and O–H groups in total. The molecule has 108 valence electrons. The number of hydrogen-bond acceptors (Lipinski definition) is 3. The van der Waals surface area contributed by atoms with Crippen LogP contribution in [0.15, 0.2) is 18.5 Å². The summed E-state index contributed by atoms with van der Waals surface area (Å²) in [6, 6.07) is 2.18. The molecule has 4 nitrogen and oxygen atoms in total. The van der Waals surface area contributed by atoms with Crippen LogP contribution >= 0.6 is 15.9 Å². The Labute approximate surface area is 128 Å². The Balaban J connectivity index is 1.99. The minimum Gasteiger partial charge on any atom is -0.354 e. The first-order chi connectivity index (χ1) is 9.56. The average Bonchev–Trinajstić information content (AvgIpc) is 2.86. The van der Waals surface area contributed by atoms with Gasteiger partial charge in [-0.1, -0.05) is 36.7 Å². The average molecular weight is 337 g/mol. The molecule has 3 rings (SSSR count). The van der Waals surface area contributed by atoms with E-state index in [9.17, 15) is 0 Å². The van der Waals surface area contributed by atoms with Crippen molar-refractivity contribution in [1.29, 1.82) is 0 Å². The fraction of sp³-hybridized carbons (Fsp3) is 0.600. The molecule has 2 aromatic rings. The molecular formula is C15H21BrN4. The lowest BCUT2D eigenvalue weighted by Gasteiger charge is -2.35. The van der Waals surface area contributed by atoms with Crippen molar-refractivity contribution in [3.05, 3.63) is 24.2 Å². The van der Waals surface area contributed by atoms with E-state index in [1.165, 1.54) is 0 Å². The molecule has 3 heterocycles. The first-order valence-electron chi connectivity index (χ1n) is 7.29. The van der Waals surface area contributed by atoms with Crippen molar-refractivity contribution in [2.24, 2.45) is 5.92 Å². The minimum atomic E-state index is 0.440. The van der Waals surface area contributed by atoms with Gasteiger partial charge in [0.25, 0.3) is 0 Å². The van der Waals surface area contributed by atoms with E-state index >= 15 is 0 Å². The highest BCUT2D eigenvalue weighted by atomic mass is 79.9. The molecule has 1 aliphatic rings. The summed E-state index contributed by atoms with van der Waals surface area (Å²) in [5.74, 6) is 2.14. The van der Waals surface area contributed by atoms with Gasteiger partial charge in [0.05, 0.1) is 5.69 Å². The number of halogens is 1. The number of fused-ring (bicyclic) bond motifs is 1. The molecule has 1 fully saturated rings. The fourth-order valence-corrected chi connectivity index (χ4v) is 3.13. The zero-order chi connectivity index (χ0) is 14.3. The van der Waals surface area contributed by atoms with Crippen LogP contribution in [0.2, 0.25) is 0 Å². The summed E-state index contributed by atoms with van der Waals surface area (Å²) in [5.41, 5.74) is 2.25. The summed E-state index contributed by atoms with van der Waals surface area (Å²) in [7, 11) is 0. The van der Waals surface area contributed by atoms with Crippen LogP contribution in [0.5, 0.6) is 0 Å². The van der Waals surface area contributed by atoms with Crippen LogP contribution < -0.4 is 4.90 Å². The zero-order valence-electron chi connectivity index (χ0n) is 12.3. The Kier molecular flexibility index (Phi) is 3.71. The molecule has 0 saturated carbocycles. The van der Waals surface area contributed by atoms with Gasteiger partial charge in [-0.3, -0.25) is 0 Å². The second kappa shape index (κ2) is 5.35. The van der Waals surface area contributed by atoms with E-state index in [1.807, 2.05) is 16.9 Å². The van der Waals surface area contributed by atoms with Gasteiger partial charge in [-0.25, -0.2) is 9.50 Å². The summed E-state index contributed by atoms with van der Waals surface area (Å²) in [6.07, 6.45) is 4.95. The van der Waals surface area contributed by atoms with Gasteiger partial charge in [0, 0.05) is 30.3 Å². The van der Waals surface area contributed by atoms with Crippen molar-refractivity contribution in [3.8, 4) is 0 Å². The molecule has 1 saturated heterocycles. The molecule has 5 heteroatoms. The molecule has 2 unspecified atom stereocenters. The fourth-order valence-electron chi connectivity index (χ4n) is 2.76.